The molecule has 1 aromatic rings. The van der Waals surface area contributed by atoms with Crippen molar-refractivity contribution in [3.05, 3.63) is 18.0 Å². The first-order valence-corrected chi connectivity index (χ1v) is 8.68. The number of hydrogen-bond donors (Lipinski definition) is 1. The van der Waals surface area contributed by atoms with Gasteiger partial charge in [0.1, 0.15) is 0 Å². The molecule has 0 aromatic carbocycles. The second-order valence-corrected chi connectivity index (χ2v) is 6.61. The van der Waals surface area contributed by atoms with Crippen LogP contribution in [0.15, 0.2) is 17.6 Å². The molecule has 1 aliphatic heterocycles. The van der Waals surface area contributed by atoms with Crippen molar-refractivity contribution in [1.29, 1.82) is 0 Å². The van der Waals surface area contributed by atoms with E-state index in [1.807, 2.05) is 12.4 Å². The molecule has 1 aliphatic rings. The van der Waals surface area contributed by atoms with Gasteiger partial charge in [0.2, 0.25) is 0 Å². The van der Waals surface area contributed by atoms with Crippen LogP contribution in [0.1, 0.15) is 44.6 Å². The monoisotopic (exact) mass is 294 g/mol. The average Bonchev–Trinajstić information content (AvgIpc) is 2.66. The molecule has 112 valence electrons. The minimum absolute atomic E-state index is 0.383. The molecule has 0 saturated carbocycles. The fourth-order valence-corrected chi connectivity index (χ4v) is 3.27. The quantitative estimate of drug-likeness (QED) is 0.496. The Bertz CT molecular complexity index is 382. The summed E-state index contributed by atoms with van der Waals surface area (Å²) in [6.07, 6.45) is 9.86. The number of aromatic nitrogens is 2. The molecule has 0 spiro atoms. The second kappa shape index (κ2) is 8.60. The fourth-order valence-electron chi connectivity index (χ4n) is 2.40. The van der Waals surface area contributed by atoms with Gasteiger partial charge in [0.15, 0.2) is 5.16 Å². The van der Waals surface area contributed by atoms with E-state index >= 15 is 0 Å². The Hall–Kier alpha value is -0.650. The van der Waals surface area contributed by atoms with Gasteiger partial charge in [-0.1, -0.05) is 25.1 Å². The van der Waals surface area contributed by atoms with Gasteiger partial charge >= 0.3 is 0 Å². The van der Waals surface area contributed by atoms with E-state index in [1.165, 1.54) is 24.8 Å². The first-order chi connectivity index (χ1) is 9.78. The standard InChI is InChI=1S/C15H26N4S/c1-2-3-9-20-15-17-10-13(11-18-15)12-19-7-4-5-14(16)6-8-19/h10-11,14H,2-9,12,16H2,1H3/t14-/m0/s1. The molecule has 2 heterocycles. The van der Waals surface area contributed by atoms with Crippen LogP contribution in [0.3, 0.4) is 0 Å². The maximum atomic E-state index is 6.01. The Balaban J connectivity index is 1.80. The Kier molecular flexibility index (Phi) is 6.76. The third-order valence-electron chi connectivity index (χ3n) is 3.68. The van der Waals surface area contributed by atoms with Gasteiger partial charge in [0, 0.05) is 36.3 Å². The normalized spacial score (nSPS) is 20.8. The van der Waals surface area contributed by atoms with Gasteiger partial charge in [-0.25, -0.2) is 9.97 Å². The number of hydrogen-bond acceptors (Lipinski definition) is 5. The molecule has 5 heteroatoms. The Morgan fingerprint density at radius 2 is 2.10 bits per heavy atom. The van der Waals surface area contributed by atoms with E-state index in [-0.39, 0.29) is 0 Å². The third-order valence-corrected chi connectivity index (χ3v) is 4.64. The largest absolute Gasteiger partial charge is 0.328 e. The molecule has 0 radical (unpaired) electrons. The summed E-state index contributed by atoms with van der Waals surface area (Å²) in [6.45, 7) is 5.39. The first kappa shape index (κ1) is 15.7. The van der Waals surface area contributed by atoms with Crippen LogP contribution in [0, 0.1) is 0 Å². The van der Waals surface area contributed by atoms with Crippen LogP contribution < -0.4 is 5.73 Å². The molecule has 0 aliphatic carbocycles. The van der Waals surface area contributed by atoms with Crippen LogP contribution in [0.5, 0.6) is 0 Å². The molecule has 1 fully saturated rings. The van der Waals surface area contributed by atoms with Crippen molar-refractivity contribution in [3.63, 3.8) is 0 Å². The van der Waals surface area contributed by atoms with Gasteiger partial charge in [-0.15, -0.1) is 0 Å². The number of nitrogens with two attached hydrogens (primary N) is 1. The molecule has 4 nitrogen and oxygen atoms in total. The van der Waals surface area contributed by atoms with Crippen LogP contribution in [0.25, 0.3) is 0 Å². The van der Waals surface area contributed by atoms with Crippen LogP contribution in [0.4, 0.5) is 0 Å². The minimum atomic E-state index is 0.383. The van der Waals surface area contributed by atoms with Crippen molar-refractivity contribution in [2.75, 3.05) is 18.8 Å². The third kappa shape index (κ3) is 5.38. The molecular formula is C15H26N4S. The van der Waals surface area contributed by atoms with Gasteiger partial charge in [-0.05, 0) is 38.8 Å². The smallest absolute Gasteiger partial charge is 0.187 e. The molecule has 2 rings (SSSR count). The summed E-state index contributed by atoms with van der Waals surface area (Å²) < 4.78 is 0. The molecule has 0 amide bonds. The highest BCUT2D eigenvalue weighted by molar-refractivity contribution is 7.99. The van der Waals surface area contributed by atoms with E-state index in [9.17, 15) is 0 Å². The zero-order valence-electron chi connectivity index (χ0n) is 12.4. The maximum absolute atomic E-state index is 6.01. The number of rotatable bonds is 6. The van der Waals surface area contributed by atoms with Crippen molar-refractivity contribution < 1.29 is 0 Å². The van der Waals surface area contributed by atoms with Gasteiger partial charge in [0.05, 0.1) is 0 Å². The molecule has 0 bridgehead atoms. The van der Waals surface area contributed by atoms with E-state index in [0.717, 1.165) is 43.4 Å². The fraction of sp³-hybridized carbons (Fsp3) is 0.733. The topological polar surface area (TPSA) is 55.0 Å². The number of nitrogens with zero attached hydrogens (tertiary/aromatic N) is 3. The summed E-state index contributed by atoms with van der Waals surface area (Å²) in [5.74, 6) is 1.11. The van der Waals surface area contributed by atoms with Crippen molar-refractivity contribution in [1.82, 2.24) is 14.9 Å². The van der Waals surface area contributed by atoms with Crippen LogP contribution in [-0.4, -0.2) is 39.8 Å². The van der Waals surface area contributed by atoms with Gasteiger partial charge in [-0.2, -0.15) is 0 Å². The maximum Gasteiger partial charge on any atom is 0.187 e. The van der Waals surface area contributed by atoms with E-state index < -0.39 is 0 Å². The lowest BCUT2D eigenvalue weighted by Crippen LogP contribution is -2.26. The van der Waals surface area contributed by atoms with Crippen LogP contribution >= 0.6 is 11.8 Å². The summed E-state index contributed by atoms with van der Waals surface area (Å²) in [4.78, 5) is 11.4. The molecule has 1 aromatic heterocycles. The van der Waals surface area contributed by atoms with Gasteiger partial charge < -0.3 is 5.73 Å². The van der Waals surface area contributed by atoms with Crippen molar-refractivity contribution in [2.24, 2.45) is 5.73 Å². The summed E-state index contributed by atoms with van der Waals surface area (Å²) >= 11 is 1.75. The van der Waals surface area contributed by atoms with Crippen molar-refractivity contribution in [2.45, 2.75) is 56.8 Å². The van der Waals surface area contributed by atoms with E-state index in [1.54, 1.807) is 11.8 Å². The molecule has 20 heavy (non-hydrogen) atoms. The zero-order chi connectivity index (χ0) is 14.2. The molecular weight excluding hydrogens is 268 g/mol. The Morgan fingerprint density at radius 3 is 2.85 bits per heavy atom. The Labute approximate surface area is 126 Å². The predicted octanol–water partition coefficient (Wildman–Crippen LogP) is 2.68. The number of likely N-dealkylation sites (tertiary alicyclic amines) is 1. The average molecular weight is 294 g/mol. The van der Waals surface area contributed by atoms with E-state index in [0.29, 0.717) is 6.04 Å². The highest BCUT2D eigenvalue weighted by Gasteiger charge is 2.14. The molecule has 1 saturated heterocycles. The SMILES string of the molecule is CCCCSc1ncc(CN2CCC[C@H](N)CC2)cn1. The molecule has 2 N–H and O–H groups in total. The lowest BCUT2D eigenvalue weighted by atomic mass is 10.1. The zero-order valence-corrected chi connectivity index (χ0v) is 13.2. The highest BCUT2D eigenvalue weighted by Crippen LogP contribution is 2.16. The van der Waals surface area contributed by atoms with Crippen LogP contribution in [-0.2, 0) is 6.54 Å². The Morgan fingerprint density at radius 1 is 1.30 bits per heavy atom. The van der Waals surface area contributed by atoms with Crippen molar-refractivity contribution >= 4 is 11.8 Å². The second-order valence-electron chi connectivity index (χ2n) is 5.54. The minimum Gasteiger partial charge on any atom is -0.328 e. The summed E-state index contributed by atoms with van der Waals surface area (Å²) in [7, 11) is 0. The van der Waals surface area contributed by atoms with E-state index in [4.69, 9.17) is 5.73 Å². The van der Waals surface area contributed by atoms with E-state index in [2.05, 4.69) is 21.8 Å². The van der Waals surface area contributed by atoms with Gasteiger partial charge in [0.25, 0.3) is 0 Å². The summed E-state index contributed by atoms with van der Waals surface area (Å²) in [5.41, 5.74) is 7.22. The summed E-state index contributed by atoms with van der Waals surface area (Å²) in [5, 5.41) is 0.903. The lowest BCUT2D eigenvalue weighted by Gasteiger charge is -2.19. The molecule has 0 unspecified atom stereocenters. The van der Waals surface area contributed by atoms with Crippen LogP contribution in [0.2, 0.25) is 0 Å². The number of unbranched alkanes of at least 4 members (excludes halogenated alkanes) is 1. The lowest BCUT2D eigenvalue weighted by molar-refractivity contribution is 0.275. The summed E-state index contributed by atoms with van der Waals surface area (Å²) in [6, 6.07) is 0.383. The number of thioether (sulfide) groups is 1. The van der Waals surface area contributed by atoms with Gasteiger partial charge in [-0.3, -0.25) is 4.90 Å². The first-order valence-electron chi connectivity index (χ1n) is 7.69. The van der Waals surface area contributed by atoms with Crippen molar-refractivity contribution in [3.8, 4) is 0 Å². The predicted molar refractivity (Wildman–Crippen MR) is 84.8 cm³/mol. The highest BCUT2D eigenvalue weighted by atomic mass is 32.2. The molecule has 1 atom stereocenters.